The molecule has 0 heterocycles. The number of esters is 1. The number of carbonyl (C=O) groups excluding carboxylic acids is 1. The predicted octanol–water partition coefficient (Wildman–Crippen LogP) is 1.80. The third-order valence-corrected chi connectivity index (χ3v) is 3.79. The second-order valence-corrected chi connectivity index (χ2v) is 5.28. The van der Waals surface area contributed by atoms with Crippen molar-refractivity contribution < 1.29 is 19.0 Å². The van der Waals surface area contributed by atoms with E-state index in [-0.39, 0.29) is 12.1 Å². The molecule has 6 nitrogen and oxygen atoms in total. The van der Waals surface area contributed by atoms with E-state index in [4.69, 9.17) is 19.9 Å². The molecule has 2 N–H and O–H groups in total. The van der Waals surface area contributed by atoms with Gasteiger partial charge in [0.25, 0.3) is 0 Å². The highest BCUT2D eigenvalue weighted by Gasteiger charge is 2.27. The van der Waals surface area contributed by atoms with Crippen molar-refractivity contribution in [1.82, 2.24) is 4.90 Å². The zero-order chi connectivity index (χ0) is 17.2. The molecule has 6 heteroatoms. The topological polar surface area (TPSA) is 74.0 Å². The standard InChI is InChI=1S/C17H28N2O4/c1-5-19(6-2)11-15(16(22-4)12-21-3)23-17(20)13-7-9-14(18)10-8-13/h7-10,15-16H,5-6,11-12,18H2,1-4H3. The van der Waals surface area contributed by atoms with Gasteiger partial charge in [-0.3, -0.25) is 0 Å². The second-order valence-electron chi connectivity index (χ2n) is 5.28. The zero-order valence-electron chi connectivity index (χ0n) is 14.5. The quantitative estimate of drug-likeness (QED) is 0.522. The number of hydrogen-bond donors (Lipinski definition) is 1. The third-order valence-electron chi connectivity index (χ3n) is 3.79. The van der Waals surface area contributed by atoms with Gasteiger partial charge in [-0.25, -0.2) is 4.79 Å². The van der Waals surface area contributed by atoms with Crippen LogP contribution in [-0.4, -0.2) is 63.5 Å². The molecule has 23 heavy (non-hydrogen) atoms. The Labute approximate surface area is 138 Å². The summed E-state index contributed by atoms with van der Waals surface area (Å²) in [4.78, 5) is 14.6. The summed E-state index contributed by atoms with van der Waals surface area (Å²) in [5.74, 6) is -0.389. The first-order chi connectivity index (χ1) is 11.0. The predicted molar refractivity (Wildman–Crippen MR) is 90.5 cm³/mol. The van der Waals surface area contributed by atoms with E-state index >= 15 is 0 Å². The highest BCUT2D eigenvalue weighted by molar-refractivity contribution is 5.89. The van der Waals surface area contributed by atoms with Crippen LogP contribution in [0.4, 0.5) is 5.69 Å². The van der Waals surface area contributed by atoms with Gasteiger partial charge in [-0.05, 0) is 37.4 Å². The van der Waals surface area contributed by atoms with E-state index in [0.29, 0.717) is 24.4 Å². The van der Waals surface area contributed by atoms with Crippen LogP contribution < -0.4 is 5.73 Å². The van der Waals surface area contributed by atoms with Crippen molar-refractivity contribution in [2.45, 2.75) is 26.1 Å². The maximum absolute atomic E-state index is 12.4. The fourth-order valence-electron chi connectivity index (χ4n) is 2.28. The van der Waals surface area contributed by atoms with Gasteiger partial charge in [-0.2, -0.15) is 0 Å². The lowest BCUT2D eigenvalue weighted by atomic mass is 10.1. The van der Waals surface area contributed by atoms with Crippen LogP contribution in [0.3, 0.4) is 0 Å². The molecule has 0 spiro atoms. The van der Waals surface area contributed by atoms with Gasteiger partial charge >= 0.3 is 5.97 Å². The molecule has 0 radical (unpaired) electrons. The molecule has 1 rings (SSSR count). The summed E-state index contributed by atoms with van der Waals surface area (Å²) < 4.78 is 16.3. The van der Waals surface area contributed by atoms with Gasteiger partial charge in [-0.15, -0.1) is 0 Å². The van der Waals surface area contributed by atoms with E-state index in [2.05, 4.69) is 18.7 Å². The van der Waals surface area contributed by atoms with Crippen molar-refractivity contribution in [2.75, 3.05) is 46.2 Å². The Balaban J connectivity index is 2.85. The lowest BCUT2D eigenvalue weighted by Gasteiger charge is -2.30. The molecule has 2 unspecified atom stereocenters. The van der Waals surface area contributed by atoms with Crippen molar-refractivity contribution in [2.24, 2.45) is 0 Å². The minimum absolute atomic E-state index is 0.321. The van der Waals surface area contributed by atoms with Crippen LogP contribution in [0, 0.1) is 0 Å². The van der Waals surface area contributed by atoms with E-state index < -0.39 is 6.10 Å². The first-order valence-electron chi connectivity index (χ1n) is 7.86. The number of nitrogen functional groups attached to an aromatic ring is 1. The second kappa shape index (κ2) is 10.2. The molecule has 0 bridgehead atoms. The molecule has 0 aromatic heterocycles. The Kier molecular flexibility index (Phi) is 8.61. The molecule has 0 aliphatic carbocycles. The lowest BCUT2D eigenvalue weighted by molar-refractivity contribution is -0.0719. The fraction of sp³-hybridized carbons (Fsp3) is 0.588. The molecule has 0 saturated carbocycles. The van der Waals surface area contributed by atoms with Gasteiger partial charge < -0.3 is 24.8 Å². The Bertz CT molecular complexity index is 460. The molecular weight excluding hydrogens is 296 g/mol. The Morgan fingerprint density at radius 2 is 1.74 bits per heavy atom. The molecule has 130 valence electrons. The Hall–Kier alpha value is -1.63. The van der Waals surface area contributed by atoms with Crippen molar-refractivity contribution in [3.05, 3.63) is 29.8 Å². The molecule has 0 amide bonds. The third kappa shape index (κ3) is 6.17. The number of ether oxygens (including phenoxy) is 3. The Morgan fingerprint density at radius 1 is 1.13 bits per heavy atom. The monoisotopic (exact) mass is 324 g/mol. The smallest absolute Gasteiger partial charge is 0.338 e. The number of hydrogen-bond acceptors (Lipinski definition) is 6. The number of anilines is 1. The molecule has 0 fully saturated rings. The number of nitrogens with zero attached hydrogens (tertiary/aromatic N) is 1. The number of rotatable bonds is 10. The molecule has 1 aromatic carbocycles. The molecule has 0 aliphatic rings. The van der Waals surface area contributed by atoms with Gasteiger partial charge in [0.2, 0.25) is 0 Å². The van der Waals surface area contributed by atoms with Crippen molar-refractivity contribution >= 4 is 11.7 Å². The first kappa shape index (κ1) is 19.4. The summed E-state index contributed by atoms with van der Waals surface area (Å²) in [6.45, 7) is 6.83. The maximum Gasteiger partial charge on any atom is 0.338 e. The molecule has 0 saturated heterocycles. The number of likely N-dealkylation sites (N-methyl/N-ethyl adjacent to an activating group) is 1. The van der Waals surface area contributed by atoms with Crippen LogP contribution in [0.2, 0.25) is 0 Å². The van der Waals surface area contributed by atoms with Crippen molar-refractivity contribution in [3.63, 3.8) is 0 Å². The van der Waals surface area contributed by atoms with Crippen LogP contribution >= 0.6 is 0 Å². The molecule has 1 aromatic rings. The molecule has 2 atom stereocenters. The van der Waals surface area contributed by atoms with Crippen LogP contribution in [0.15, 0.2) is 24.3 Å². The van der Waals surface area contributed by atoms with E-state index in [1.807, 2.05) is 0 Å². The van der Waals surface area contributed by atoms with E-state index in [9.17, 15) is 4.79 Å². The fourth-order valence-corrected chi connectivity index (χ4v) is 2.28. The number of benzene rings is 1. The van der Waals surface area contributed by atoms with Gasteiger partial charge in [0.1, 0.15) is 12.2 Å². The first-order valence-corrected chi connectivity index (χ1v) is 7.86. The summed E-state index contributed by atoms with van der Waals surface area (Å²) in [6, 6.07) is 6.67. The summed E-state index contributed by atoms with van der Waals surface area (Å²) in [6.07, 6.45) is -0.733. The normalized spacial score (nSPS) is 13.8. The van der Waals surface area contributed by atoms with E-state index in [1.54, 1.807) is 38.5 Å². The van der Waals surface area contributed by atoms with Gasteiger partial charge in [0.05, 0.1) is 12.2 Å². The Morgan fingerprint density at radius 3 is 2.22 bits per heavy atom. The maximum atomic E-state index is 12.4. The number of carbonyl (C=O) groups is 1. The number of methoxy groups -OCH3 is 2. The summed E-state index contributed by atoms with van der Waals surface area (Å²) in [7, 11) is 3.19. The van der Waals surface area contributed by atoms with Crippen molar-refractivity contribution in [1.29, 1.82) is 0 Å². The van der Waals surface area contributed by atoms with Gasteiger partial charge in [-0.1, -0.05) is 13.8 Å². The van der Waals surface area contributed by atoms with E-state index in [1.165, 1.54) is 0 Å². The van der Waals surface area contributed by atoms with Gasteiger partial charge in [0, 0.05) is 26.5 Å². The van der Waals surface area contributed by atoms with Crippen LogP contribution in [0.1, 0.15) is 24.2 Å². The van der Waals surface area contributed by atoms with Crippen LogP contribution in [0.25, 0.3) is 0 Å². The largest absolute Gasteiger partial charge is 0.455 e. The SMILES string of the molecule is CCN(CC)CC(OC(=O)c1ccc(N)cc1)C(COC)OC. The van der Waals surface area contributed by atoms with E-state index in [0.717, 1.165) is 13.1 Å². The highest BCUT2D eigenvalue weighted by atomic mass is 16.6. The summed E-state index contributed by atoms with van der Waals surface area (Å²) >= 11 is 0. The van der Waals surface area contributed by atoms with Crippen molar-refractivity contribution in [3.8, 4) is 0 Å². The summed E-state index contributed by atoms with van der Waals surface area (Å²) in [5, 5.41) is 0. The lowest BCUT2D eigenvalue weighted by Crippen LogP contribution is -2.44. The number of nitrogens with two attached hydrogens (primary N) is 1. The molecular formula is C17H28N2O4. The average Bonchev–Trinajstić information content (AvgIpc) is 2.57. The van der Waals surface area contributed by atoms with Crippen LogP contribution in [0.5, 0.6) is 0 Å². The minimum atomic E-state index is -0.412. The summed E-state index contributed by atoms with van der Waals surface area (Å²) in [5.41, 5.74) is 6.72. The van der Waals surface area contributed by atoms with Crippen LogP contribution in [-0.2, 0) is 14.2 Å². The minimum Gasteiger partial charge on any atom is -0.455 e. The zero-order valence-corrected chi connectivity index (χ0v) is 14.5. The molecule has 0 aliphatic heterocycles. The highest BCUT2D eigenvalue weighted by Crippen LogP contribution is 2.13. The van der Waals surface area contributed by atoms with Gasteiger partial charge in [0.15, 0.2) is 0 Å². The average molecular weight is 324 g/mol.